The van der Waals surface area contributed by atoms with Crippen LogP contribution in [0.1, 0.15) is 40.5 Å². The molecular formula is C23H35N5O3S. The zero-order valence-corrected chi connectivity index (χ0v) is 20.2. The van der Waals surface area contributed by atoms with Gasteiger partial charge in [0.05, 0.1) is 0 Å². The molecule has 176 valence electrons. The first kappa shape index (κ1) is 24.4. The van der Waals surface area contributed by atoms with Crippen molar-refractivity contribution in [1.29, 1.82) is 0 Å². The lowest BCUT2D eigenvalue weighted by Gasteiger charge is -2.29. The predicted octanol–water partition coefficient (Wildman–Crippen LogP) is 2.32. The van der Waals surface area contributed by atoms with Gasteiger partial charge in [-0.25, -0.2) is 0 Å². The van der Waals surface area contributed by atoms with Crippen LogP contribution in [0.15, 0.2) is 24.3 Å². The minimum Gasteiger partial charge on any atom is -0.383 e. The maximum absolute atomic E-state index is 13.0. The largest absolute Gasteiger partial charge is 0.383 e. The highest BCUT2D eigenvalue weighted by Crippen LogP contribution is 2.34. The summed E-state index contributed by atoms with van der Waals surface area (Å²) in [5.41, 5.74) is 7.36. The Morgan fingerprint density at radius 2 is 1.88 bits per heavy atom. The Morgan fingerprint density at radius 3 is 2.50 bits per heavy atom. The number of nitrogens with zero attached hydrogens (tertiary/aromatic N) is 2. The number of hydrogen-bond donors (Lipinski definition) is 3. The van der Waals surface area contributed by atoms with Crippen LogP contribution in [0.4, 0.5) is 11.4 Å². The van der Waals surface area contributed by atoms with Crippen molar-refractivity contribution >= 4 is 40.9 Å². The van der Waals surface area contributed by atoms with E-state index in [9.17, 15) is 14.4 Å². The standard InChI is InChI=1S/C23H35N5O3S/c1-5-28-19(29)17(32-21(28)18(24)20(30)27-11-6-7-12-27)14-25-15-9-8-10-16(13-15)26-22(31)23(2,3)4/h8-10,13,17-18,21,25H,5-7,11-12,14,24H2,1-4H3,(H,26,31)/t17-,18-,21?/m1/s1. The Morgan fingerprint density at radius 1 is 1.22 bits per heavy atom. The van der Waals surface area contributed by atoms with Crippen LogP contribution in [0.25, 0.3) is 0 Å². The van der Waals surface area contributed by atoms with Crippen molar-refractivity contribution in [3.05, 3.63) is 24.3 Å². The van der Waals surface area contributed by atoms with Gasteiger partial charge >= 0.3 is 0 Å². The normalized spacial score (nSPS) is 22.2. The predicted molar refractivity (Wildman–Crippen MR) is 129 cm³/mol. The number of amides is 3. The van der Waals surface area contributed by atoms with Crippen molar-refractivity contribution in [2.75, 3.05) is 36.8 Å². The third-order valence-electron chi connectivity index (χ3n) is 5.81. The van der Waals surface area contributed by atoms with E-state index in [2.05, 4.69) is 10.6 Å². The molecule has 2 aliphatic heterocycles. The van der Waals surface area contributed by atoms with Crippen molar-refractivity contribution < 1.29 is 14.4 Å². The Balaban J connectivity index is 1.61. The van der Waals surface area contributed by atoms with Crippen LogP contribution in [-0.2, 0) is 14.4 Å². The second-order valence-corrected chi connectivity index (χ2v) is 10.7. The summed E-state index contributed by atoms with van der Waals surface area (Å²) >= 11 is 1.46. The topological polar surface area (TPSA) is 108 Å². The molecule has 0 spiro atoms. The van der Waals surface area contributed by atoms with E-state index in [1.165, 1.54) is 11.8 Å². The fraction of sp³-hybridized carbons (Fsp3) is 0.609. The molecule has 2 saturated heterocycles. The maximum Gasteiger partial charge on any atom is 0.242 e. The van der Waals surface area contributed by atoms with Gasteiger partial charge in [-0.05, 0) is 38.0 Å². The third-order valence-corrected chi connectivity index (χ3v) is 7.34. The lowest BCUT2D eigenvalue weighted by atomic mass is 9.95. The molecule has 0 saturated carbocycles. The number of anilines is 2. The summed E-state index contributed by atoms with van der Waals surface area (Å²) in [6, 6.07) is 6.72. The van der Waals surface area contributed by atoms with Crippen LogP contribution >= 0.6 is 11.8 Å². The van der Waals surface area contributed by atoms with E-state index in [1.807, 2.05) is 56.9 Å². The monoisotopic (exact) mass is 461 g/mol. The Labute approximate surface area is 194 Å². The highest BCUT2D eigenvalue weighted by atomic mass is 32.2. The van der Waals surface area contributed by atoms with Crippen molar-refractivity contribution in [2.45, 2.75) is 57.2 Å². The highest BCUT2D eigenvalue weighted by molar-refractivity contribution is 8.01. The van der Waals surface area contributed by atoms with Crippen LogP contribution in [-0.4, -0.2) is 70.4 Å². The summed E-state index contributed by atoms with van der Waals surface area (Å²) in [4.78, 5) is 41.5. The van der Waals surface area contributed by atoms with Gasteiger partial charge in [0, 0.05) is 43.0 Å². The van der Waals surface area contributed by atoms with Gasteiger partial charge < -0.3 is 26.2 Å². The van der Waals surface area contributed by atoms with Crippen molar-refractivity contribution in [2.24, 2.45) is 11.1 Å². The molecule has 0 bridgehead atoms. The first-order valence-corrected chi connectivity index (χ1v) is 12.2. The number of likely N-dealkylation sites (N-methyl/N-ethyl adjacent to an activating group) is 1. The van der Waals surface area contributed by atoms with Crippen molar-refractivity contribution in [3.8, 4) is 0 Å². The van der Waals surface area contributed by atoms with Gasteiger partial charge in [-0.2, -0.15) is 0 Å². The smallest absolute Gasteiger partial charge is 0.242 e. The molecule has 1 unspecified atom stereocenters. The van der Waals surface area contributed by atoms with E-state index in [0.29, 0.717) is 18.8 Å². The molecule has 0 aliphatic carbocycles. The minimum absolute atomic E-state index is 0.00291. The van der Waals surface area contributed by atoms with Crippen molar-refractivity contribution in [1.82, 2.24) is 9.80 Å². The molecule has 32 heavy (non-hydrogen) atoms. The second kappa shape index (κ2) is 10.1. The van der Waals surface area contributed by atoms with Crippen LogP contribution in [0, 0.1) is 5.41 Å². The number of nitrogens with one attached hydrogen (secondary N) is 2. The van der Waals surface area contributed by atoms with Crippen LogP contribution in [0.2, 0.25) is 0 Å². The molecule has 1 aromatic rings. The number of hydrogen-bond acceptors (Lipinski definition) is 6. The van der Waals surface area contributed by atoms with Crippen LogP contribution in [0.5, 0.6) is 0 Å². The molecule has 2 aliphatic rings. The lowest BCUT2D eigenvalue weighted by molar-refractivity contribution is -0.134. The first-order chi connectivity index (χ1) is 15.1. The van der Waals surface area contributed by atoms with Gasteiger partial charge in [0.15, 0.2) is 0 Å². The lowest BCUT2D eigenvalue weighted by Crippen LogP contribution is -2.53. The first-order valence-electron chi connectivity index (χ1n) is 11.3. The molecule has 8 nitrogen and oxygen atoms in total. The fourth-order valence-electron chi connectivity index (χ4n) is 3.87. The molecule has 0 radical (unpaired) electrons. The van der Waals surface area contributed by atoms with E-state index < -0.39 is 11.5 Å². The summed E-state index contributed by atoms with van der Waals surface area (Å²) in [6.07, 6.45) is 2.02. The van der Waals surface area contributed by atoms with Gasteiger partial charge in [0.1, 0.15) is 16.7 Å². The third kappa shape index (κ3) is 5.56. The summed E-state index contributed by atoms with van der Waals surface area (Å²) in [6.45, 7) is 9.93. The number of benzene rings is 1. The van der Waals surface area contributed by atoms with Crippen LogP contribution < -0.4 is 16.4 Å². The summed E-state index contributed by atoms with van der Waals surface area (Å²) in [7, 11) is 0. The highest BCUT2D eigenvalue weighted by Gasteiger charge is 2.45. The number of rotatable bonds is 7. The zero-order valence-electron chi connectivity index (χ0n) is 19.4. The molecule has 2 heterocycles. The minimum atomic E-state index is -0.720. The quantitative estimate of drug-likeness (QED) is 0.575. The average molecular weight is 462 g/mol. The average Bonchev–Trinajstić information content (AvgIpc) is 3.39. The number of carbonyl (C=O) groups is 3. The Hall–Kier alpha value is -2.26. The molecule has 3 rings (SSSR count). The molecule has 2 fully saturated rings. The molecule has 3 atom stereocenters. The fourth-order valence-corrected chi connectivity index (χ4v) is 5.32. The van der Waals surface area contributed by atoms with Gasteiger partial charge in [-0.3, -0.25) is 14.4 Å². The Kier molecular flexibility index (Phi) is 7.71. The van der Waals surface area contributed by atoms with Gasteiger partial charge in [-0.15, -0.1) is 11.8 Å². The summed E-state index contributed by atoms with van der Waals surface area (Å²) in [5, 5.41) is 5.54. The molecule has 1 aromatic carbocycles. The Bertz CT molecular complexity index is 850. The molecule has 3 amide bonds. The number of likely N-dealkylation sites (tertiary alicyclic amines) is 1. The number of thioether (sulfide) groups is 1. The van der Waals surface area contributed by atoms with E-state index in [0.717, 1.165) is 31.6 Å². The summed E-state index contributed by atoms with van der Waals surface area (Å²) < 4.78 is 0. The molecular weight excluding hydrogens is 426 g/mol. The van der Waals surface area contributed by atoms with E-state index in [1.54, 1.807) is 4.90 Å². The van der Waals surface area contributed by atoms with Gasteiger partial charge in [-0.1, -0.05) is 26.8 Å². The SMILES string of the molecule is CCN1C(=O)[C@@H](CNc2cccc(NC(=O)C(C)(C)C)c2)SC1[C@H](N)C(=O)N1CCCC1. The van der Waals surface area contributed by atoms with E-state index >= 15 is 0 Å². The summed E-state index contributed by atoms with van der Waals surface area (Å²) in [5.74, 6) is -0.131. The molecule has 9 heteroatoms. The second-order valence-electron chi connectivity index (χ2n) is 9.36. The van der Waals surface area contributed by atoms with E-state index in [-0.39, 0.29) is 28.3 Å². The van der Waals surface area contributed by atoms with Gasteiger partial charge in [0.25, 0.3) is 0 Å². The van der Waals surface area contributed by atoms with Crippen molar-refractivity contribution in [3.63, 3.8) is 0 Å². The van der Waals surface area contributed by atoms with Crippen LogP contribution in [0.3, 0.4) is 0 Å². The van der Waals surface area contributed by atoms with Gasteiger partial charge in [0.2, 0.25) is 17.7 Å². The number of nitrogens with two attached hydrogens (primary N) is 1. The zero-order chi connectivity index (χ0) is 23.5. The molecule has 4 N–H and O–H groups in total. The number of carbonyl (C=O) groups excluding carboxylic acids is 3. The molecule has 0 aromatic heterocycles. The van der Waals surface area contributed by atoms with E-state index in [4.69, 9.17) is 5.73 Å². The maximum atomic E-state index is 13.0.